The Hall–Kier alpha value is -3.15. The summed E-state index contributed by atoms with van der Waals surface area (Å²) in [5.74, 6) is 1.87. The molecule has 0 radical (unpaired) electrons. The van der Waals surface area contributed by atoms with Crippen molar-refractivity contribution in [1.82, 2.24) is 4.90 Å². The minimum atomic E-state index is 0.0177. The van der Waals surface area contributed by atoms with Gasteiger partial charge in [-0.1, -0.05) is 70.1 Å². The van der Waals surface area contributed by atoms with E-state index in [0.29, 0.717) is 36.9 Å². The van der Waals surface area contributed by atoms with E-state index in [4.69, 9.17) is 14.2 Å². The predicted molar refractivity (Wildman–Crippen MR) is 161 cm³/mol. The number of ether oxygens (including phenoxy) is 3. The van der Waals surface area contributed by atoms with E-state index < -0.39 is 0 Å². The number of para-hydroxylation sites is 1. The Labute approximate surface area is 235 Å². The summed E-state index contributed by atoms with van der Waals surface area (Å²) in [6.45, 7) is 10.2. The van der Waals surface area contributed by atoms with Gasteiger partial charge in [0, 0.05) is 37.9 Å². The molecule has 0 bridgehead atoms. The highest BCUT2D eigenvalue weighted by Gasteiger charge is 2.22. The van der Waals surface area contributed by atoms with Crippen molar-refractivity contribution in [2.24, 2.45) is 0 Å². The Morgan fingerprint density at radius 1 is 0.846 bits per heavy atom. The molecule has 1 aliphatic rings. The number of carbonyl (C=O) groups excluding carboxylic acids is 1. The highest BCUT2D eigenvalue weighted by molar-refractivity contribution is 5.92. The number of carbonyl (C=O) groups is 1. The van der Waals surface area contributed by atoms with Gasteiger partial charge in [0.2, 0.25) is 11.7 Å². The van der Waals surface area contributed by atoms with Crippen LogP contribution in [0.4, 0.5) is 5.69 Å². The van der Waals surface area contributed by atoms with Crippen LogP contribution in [0, 0.1) is 13.8 Å². The molecular weight excluding hydrogens is 488 g/mol. The first-order valence-electron chi connectivity index (χ1n) is 14.7. The van der Waals surface area contributed by atoms with Crippen molar-refractivity contribution in [2.75, 3.05) is 51.9 Å². The van der Waals surface area contributed by atoms with Crippen LogP contribution in [-0.2, 0) is 4.79 Å². The number of rotatable bonds is 15. The van der Waals surface area contributed by atoms with Gasteiger partial charge in [0.05, 0.1) is 20.8 Å². The molecule has 0 unspecified atom stereocenters. The van der Waals surface area contributed by atoms with Crippen LogP contribution in [0.5, 0.6) is 17.2 Å². The number of aryl methyl sites for hydroxylation is 2. The third-order valence-electron chi connectivity index (χ3n) is 7.49. The van der Waals surface area contributed by atoms with Crippen molar-refractivity contribution < 1.29 is 19.0 Å². The number of benzene rings is 2. The molecule has 2 aromatic rings. The fourth-order valence-electron chi connectivity index (χ4n) is 5.28. The van der Waals surface area contributed by atoms with Gasteiger partial charge in [-0.2, -0.15) is 0 Å². The minimum absolute atomic E-state index is 0.0177. The molecular formula is C33H48N2O4. The van der Waals surface area contributed by atoms with Gasteiger partial charge in [-0.25, -0.2) is 0 Å². The molecule has 0 atom stereocenters. The van der Waals surface area contributed by atoms with Gasteiger partial charge in [0.25, 0.3) is 0 Å². The number of anilines is 1. The number of hydrogen-bond acceptors (Lipinski definition) is 5. The second-order valence-electron chi connectivity index (χ2n) is 10.5. The van der Waals surface area contributed by atoms with E-state index in [9.17, 15) is 4.79 Å². The molecule has 0 saturated carbocycles. The fourth-order valence-corrected chi connectivity index (χ4v) is 5.28. The third-order valence-corrected chi connectivity index (χ3v) is 7.49. The number of piperazine rings is 1. The monoisotopic (exact) mass is 536 g/mol. The van der Waals surface area contributed by atoms with Crippen LogP contribution >= 0.6 is 0 Å². The summed E-state index contributed by atoms with van der Waals surface area (Å²) in [6, 6.07) is 10.2. The largest absolute Gasteiger partial charge is 0.493 e. The van der Waals surface area contributed by atoms with Crippen molar-refractivity contribution in [3.05, 3.63) is 53.1 Å². The van der Waals surface area contributed by atoms with Crippen LogP contribution in [0.1, 0.15) is 75.0 Å². The summed E-state index contributed by atoms with van der Waals surface area (Å²) < 4.78 is 17.3. The van der Waals surface area contributed by atoms with E-state index in [1.54, 1.807) is 20.3 Å². The van der Waals surface area contributed by atoms with Crippen molar-refractivity contribution in [3.63, 3.8) is 0 Å². The van der Waals surface area contributed by atoms with E-state index in [1.807, 2.05) is 23.1 Å². The second-order valence-corrected chi connectivity index (χ2v) is 10.5. The maximum absolute atomic E-state index is 13.0. The SMILES string of the molecule is CCCCCCCCCCOc1c(OC)cc(/C=C/C(=O)N2CCN(c3c(C)cccc3C)CC2)cc1OC. The molecule has 39 heavy (non-hydrogen) atoms. The Kier molecular flexibility index (Phi) is 12.5. The van der Waals surface area contributed by atoms with Crippen LogP contribution in [0.15, 0.2) is 36.4 Å². The van der Waals surface area contributed by atoms with Crippen LogP contribution < -0.4 is 19.1 Å². The van der Waals surface area contributed by atoms with Crippen molar-refractivity contribution in [1.29, 1.82) is 0 Å². The molecule has 1 amide bonds. The van der Waals surface area contributed by atoms with Crippen LogP contribution in [0.2, 0.25) is 0 Å². The molecule has 1 aliphatic heterocycles. The van der Waals surface area contributed by atoms with Gasteiger partial charge in [-0.3, -0.25) is 4.79 Å². The topological polar surface area (TPSA) is 51.2 Å². The summed E-state index contributed by atoms with van der Waals surface area (Å²) in [6.07, 6.45) is 13.5. The van der Waals surface area contributed by atoms with E-state index in [0.717, 1.165) is 25.1 Å². The lowest BCUT2D eigenvalue weighted by atomic mass is 10.1. The zero-order valence-corrected chi connectivity index (χ0v) is 24.8. The maximum atomic E-state index is 13.0. The average Bonchev–Trinajstić information content (AvgIpc) is 2.95. The molecule has 214 valence electrons. The number of methoxy groups -OCH3 is 2. The first-order chi connectivity index (χ1) is 19.0. The molecule has 0 aliphatic carbocycles. The molecule has 2 aromatic carbocycles. The van der Waals surface area contributed by atoms with E-state index >= 15 is 0 Å². The fraction of sp³-hybridized carbons (Fsp3) is 0.545. The Bertz CT molecular complexity index is 1030. The van der Waals surface area contributed by atoms with Crippen molar-refractivity contribution in [3.8, 4) is 17.2 Å². The summed E-state index contributed by atoms with van der Waals surface area (Å²) >= 11 is 0. The summed E-state index contributed by atoms with van der Waals surface area (Å²) in [4.78, 5) is 17.3. The lowest BCUT2D eigenvalue weighted by Crippen LogP contribution is -2.48. The Balaban J connectivity index is 1.52. The van der Waals surface area contributed by atoms with Crippen molar-refractivity contribution >= 4 is 17.7 Å². The zero-order chi connectivity index (χ0) is 28.0. The Morgan fingerprint density at radius 3 is 1.97 bits per heavy atom. The molecule has 6 nitrogen and oxygen atoms in total. The number of unbranched alkanes of at least 4 members (excludes halogenated alkanes) is 7. The number of nitrogens with zero attached hydrogens (tertiary/aromatic N) is 2. The average molecular weight is 537 g/mol. The molecule has 3 rings (SSSR count). The van der Waals surface area contributed by atoms with Gasteiger partial charge >= 0.3 is 0 Å². The second kappa shape index (κ2) is 16.1. The van der Waals surface area contributed by atoms with Crippen LogP contribution in [0.25, 0.3) is 6.08 Å². The standard InChI is InChI=1S/C33H48N2O4/c1-6-7-8-9-10-11-12-13-23-39-33-29(37-4)24-28(25-30(33)38-5)17-18-31(36)34-19-21-35(22-20-34)32-26(2)15-14-16-27(32)3/h14-18,24-25H,6-13,19-23H2,1-5H3/b18-17+. The third kappa shape index (κ3) is 8.94. The summed E-state index contributed by atoms with van der Waals surface area (Å²) in [5, 5.41) is 0. The molecule has 1 saturated heterocycles. The number of amides is 1. The quantitative estimate of drug-likeness (QED) is 0.178. The smallest absolute Gasteiger partial charge is 0.246 e. The van der Waals surface area contributed by atoms with Crippen LogP contribution in [-0.4, -0.2) is 57.8 Å². The molecule has 1 fully saturated rings. The van der Waals surface area contributed by atoms with E-state index in [-0.39, 0.29) is 5.91 Å². The Morgan fingerprint density at radius 2 is 1.41 bits per heavy atom. The molecule has 6 heteroatoms. The zero-order valence-electron chi connectivity index (χ0n) is 24.8. The van der Waals surface area contributed by atoms with E-state index in [1.165, 1.54) is 61.8 Å². The van der Waals surface area contributed by atoms with Gasteiger partial charge in [-0.05, 0) is 55.2 Å². The molecule has 0 N–H and O–H groups in total. The first kappa shape index (κ1) is 30.4. The van der Waals surface area contributed by atoms with Crippen molar-refractivity contribution in [2.45, 2.75) is 72.1 Å². The van der Waals surface area contributed by atoms with Crippen LogP contribution in [0.3, 0.4) is 0 Å². The number of hydrogen-bond donors (Lipinski definition) is 0. The first-order valence-corrected chi connectivity index (χ1v) is 14.7. The predicted octanol–water partition coefficient (Wildman–Crippen LogP) is 7.20. The van der Waals surface area contributed by atoms with Gasteiger partial charge in [0.1, 0.15) is 0 Å². The summed E-state index contributed by atoms with van der Waals surface area (Å²) in [7, 11) is 3.26. The minimum Gasteiger partial charge on any atom is -0.493 e. The molecule has 0 aromatic heterocycles. The lowest BCUT2D eigenvalue weighted by molar-refractivity contribution is -0.126. The van der Waals surface area contributed by atoms with Gasteiger partial charge in [0.15, 0.2) is 11.5 Å². The maximum Gasteiger partial charge on any atom is 0.246 e. The highest BCUT2D eigenvalue weighted by atomic mass is 16.5. The van der Waals surface area contributed by atoms with Gasteiger partial charge < -0.3 is 24.0 Å². The molecule has 0 spiro atoms. The highest BCUT2D eigenvalue weighted by Crippen LogP contribution is 2.39. The normalized spacial score (nSPS) is 13.7. The summed E-state index contributed by atoms with van der Waals surface area (Å²) in [5.41, 5.74) is 4.69. The van der Waals surface area contributed by atoms with E-state index in [2.05, 4.69) is 43.9 Å². The molecule has 1 heterocycles. The van der Waals surface area contributed by atoms with Gasteiger partial charge in [-0.15, -0.1) is 0 Å². The lowest BCUT2D eigenvalue weighted by Gasteiger charge is -2.37.